The molecule has 6 heteroatoms. The van der Waals surface area contributed by atoms with E-state index < -0.39 is 9.05 Å². The molecule has 0 saturated heterocycles. The van der Waals surface area contributed by atoms with Crippen LogP contribution >= 0.6 is 10.7 Å². The number of hydrogen-bond acceptors (Lipinski definition) is 3. The van der Waals surface area contributed by atoms with Gasteiger partial charge in [0, 0.05) is 33.3 Å². The largest absolute Gasteiger partial charge is 0.360 e. The molecular formula is C9H6ClNO3S. The first-order valence-corrected chi connectivity index (χ1v) is 6.34. The van der Waals surface area contributed by atoms with Gasteiger partial charge in [0.2, 0.25) is 0 Å². The van der Waals surface area contributed by atoms with Crippen molar-refractivity contribution in [2.24, 2.45) is 0 Å². The van der Waals surface area contributed by atoms with Crippen molar-refractivity contribution in [3.63, 3.8) is 0 Å². The maximum Gasteiger partial charge on any atom is 0.263 e. The number of aldehydes is 1. The molecule has 0 radical (unpaired) electrons. The molecule has 0 aliphatic rings. The first kappa shape index (κ1) is 10.2. The Hall–Kier alpha value is -1.33. The average molecular weight is 244 g/mol. The van der Waals surface area contributed by atoms with Crippen LogP contribution < -0.4 is 0 Å². The summed E-state index contributed by atoms with van der Waals surface area (Å²) in [6.45, 7) is 0. The lowest BCUT2D eigenvalue weighted by atomic mass is 10.2. The Morgan fingerprint density at radius 2 is 2.07 bits per heavy atom. The number of hydrogen-bond donors (Lipinski definition) is 1. The first-order valence-electron chi connectivity index (χ1n) is 4.03. The maximum atomic E-state index is 11.2. The van der Waals surface area contributed by atoms with E-state index in [1.165, 1.54) is 12.3 Å². The van der Waals surface area contributed by atoms with Gasteiger partial charge < -0.3 is 4.98 Å². The van der Waals surface area contributed by atoms with Gasteiger partial charge in [-0.3, -0.25) is 4.79 Å². The minimum absolute atomic E-state index is 0.0112. The van der Waals surface area contributed by atoms with Gasteiger partial charge in [0.1, 0.15) is 11.2 Å². The SMILES string of the molecule is O=Cc1ccc2[nH]cc(S(=O)(=O)Cl)c2c1. The summed E-state index contributed by atoms with van der Waals surface area (Å²) in [5.74, 6) is 0. The molecule has 0 aliphatic carbocycles. The van der Waals surface area contributed by atoms with Crippen LogP contribution in [-0.4, -0.2) is 19.7 Å². The second-order valence-electron chi connectivity index (χ2n) is 3.01. The minimum atomic E-state index is -3.79. The highest BCUT2D eigenvalue weighted by molar-refractivity contribution is 8.14. The van der Waals surface area contributed by atoms with Gasteiger partial charge in [-0.1, -0.05) is 0 Å². The summed E-state index contributed by atoms with van der Waals surface area (Å²) >= 11 is 0. The predicted octanol–water partition coefficient (Wildman–Crippen LogP) is 1.91. The molecular weight excluding hydrogens is 238 g/mol. The molecule has 2 rings (SSSR count). The molecule has 0 unspecified atom stereocenters. The molecule has 0 amide bonds. The Bertz CT molecular complexity index is 630. The predicted molar refractivity (Wildman–Crippen MR) is 56.7 cm³/mol. The number of fused-ring (bicyclic) bond motifs is 1. The van der Waals surface area contributed by atoms with Crippen LogP contribution in [0, 0.1) is 0 Å². The number of rotatable bonds is 2. The van der Waals surface area contributed by atoms with E-state index in [9.17, 15) is 13.2 Å². The summed E-state index contributed by atoms with van der Waals surface area (Å²) in [7, 11) is 1.45. The zero-order chi connectivity index (χ0) is 11.1. The summed E-state index contributed by atoms with van der Waals surface area (Å²) in [5, 5.41) is 0.426. The zero-order valence-corrected chi connectivity index (χ0v) is 8.97. The Morgan fingerprint density at radius 3 is 2.67 bits per heavy atom. The van der Waals surface area contributed by atoms with Crippen LogP contribution in [0.25, 0.3) is 10.9 Å². The first-order chi connectivity index (χ1) is 7.02. The summed E-state index contributed by atoms with van der Waals surface area (Å²) in [6, 6.07) is 4.70. The smallest absolute Gasteiger partial charge is 0.263 e. The molecule has 0 aliphatic heterocycles. The van der Waals surface area contributed by atoms with Crippen LogP contribution in [0.3, 0.4) is 0 Å². The van der Waals surface area contributed by atoms with Crippen molar-refractivity contribution in [2.75, 3.05) is 0 Å². The Kier molecular flexibility index (Phi) is 2.28. The highest BCUT2D eigenvalue weighted by atomic mass is 35.7. The summed E-state index contributed by atoms with van der Waals surface area (Å²) in [6.07, 6.45) is 1.96. The quantitative estimate of drug-likeness (QED) is 0.647. The molecule has 0 atom stereocenters. The summed E-state index contributed by atoms with van der Waals surface area (Å²) in [5.41, 5.74) is 1.03. The lowest BCUT2D eigenvalue weighted by Gasteiger charge is -1.94. The monoisotopic (exact) mass is 243 g/mol. The van der Waals surface area contributed by atoms with Gasteiger partial charge in [-0.15, -0.1) is 0 Å². The van der Waals surface area contributed by atoms with Gasteiger partial charge in [-0.2, -0.15) is 0 Å². The van der Waals surface area contributed by atoms with Crippen molar-refractivity contribution in [3.8, 4) is 0 Å². The normalized spacial score (nSPS) is 11.8. The Labute approximate surface area is 90.3 Å². The van der Waals surface area contributed by atoms with Gasteiger partial charge in [-0.25, -0.2) is 8.42 Å². The number of halogens is 1. The van der Waals surface area contributed by atoms with Crippen LogP contribution in [0.5, 0.6) is 0 Å². The number of nitrogens with one attached hydrogen (secondary N) is 1. The maximum absolute atomic E-state index is 11.2. The molecule has 0 bridgehead atoms. The summed E-state index contributed by atoms with van der Waals surface area (Å²) < 4.78 is 22.3. The average Bonchev–Trinajstić information content (AvgIpc) is 2.59. The van der Waals surface area contributed by atoms with E-state index in [1.54, 1.807) is 12.1 Å². The van der Waals surface area contributed by atoms with E-state index in [0.717, 1.165) is 0 Å². The fourth-order valence-electron chi connectivity index (χ4n) is 1.39. The second-order valence-corrected chi connectivity index (χ2v) is 5.55. The highest BCUT2D eigenvalue weighted by Gasteiger charge is 2.15. The number of benzene rings is 1. The van der Waals surface area contributed by atoms with E-state index in [4.69, 9.17) is 10.7 Å². The van der Waals surface area contributed by atoms with Gasteiger partial charge in [0.25, 0.3) is 9.05 Å². The van der Waals surface area contributed by atoms with Crippen LogP contribution in [-0.2, 0) is 9.05 Å². The molecule has 1 N–H and O–H groups in total. The molecule has 1 heterocycles. The number of aromatic amines is 1. The number of aromatic nitrogens is 1. The third-order valence-corrected chi connectivity index (χ3v) is 3.43. The van der Waals surface area contributed by atoms with Crippen molar-refractivity contribution in [3.05, 3.63) is 30.0 Å². The van der Waals surface area contributed by atoms with Crippen molar-refractivity contribution >= 4 is 36.9 Å². The zero-order valence-electron chi connectivity index (χ0n) is 7.40. The Balaban J connectivity index is 2.83. The third-order valence-electron chi connectivity index (χ3n) is 2.07. The third kappa shape index (κ3) is 1.75. The van der Waals surface area contributed by atoms with Crippen LogP contribution in [0.2, 0.25) is 0 Å². The van der Waals surface area contributed by atoms with E-state index in [1.807, 2.05) is 0 Å². The molecule has 1 aromatic carbocycles. The minimum Gasteiger partial charge on any atom is -0.360 e. The topological polar surface area (TPSA) is 67.0 Å². The number of H-pyrrole nitrogens is 1. The van der Waals surface area contributed by atoms with E-state index in [0.29, 0.717) is 22.8 Å². The van der Waals surface area contributed by atoms with Crippen LogP contribution in [0.1, 0.15) is 10.4 Å². The van der Waals surface area contributed by atoms with Crippen LogP contribution in [0.4, 0.5) is 0 Å². The molecule has 0 spiro atoms. The van der Waals surface area contributed by atoms with E-state index in [-0.39, 0.29) is 4.90 Å². The molecule has 78 valence electrons. The number of carbonyl (C=O) groups excluding carboxylic acids is 1. The van der Waals surface area contributed by atoms with Gasteiger partial charge in [-0.05, 0) is 18.2 Å². The Morgan fingerprint density at radius 1 is 1.33 bits per heavy atom. The molecule has 2 aromatic rings. The van der Waals surface area contributed by atoms with Crippen molar-refractivity contribution in [1.82, 2.24) is 4.98 Å². The van der Waals surface area contributed by atoms with Gasteiger partial charge >= 0.3 is 0 Å². The molecule has 0 fully saturated rings. The van der Waals surface area contributed by atoms with Crippen molar-refractivity contribution in [1.29, 1.82) is 0 Å². The van der Waals surface area contributed by atoms with Gasteiger partial charge in [0.15, 0.2) is 0 Å². The van der Waals surface area contributed by atoms with Gasteiger partial charge in [0.05, 0.1) is 0 Å². The molecule has 4 nitrogen and oxygen atoms in total. The van der Waals surface area contributed by atoms with E-state index in [2.05, 4.69) is 4.98 Å². The number of carbonyl (C=O) groups is 1. The van der Waals surface area contributed by atoms with Crippen LogP contribution in [0.15, 0.2) is 29.3 Å². The highest BCUT2D eigenvalue weighted by Crippen LogP contribution is 2.25. The van der Waals surface area contributed by atoms with Crippen molar-refractivity contribution < 1.29 is 13.2 Å². The second kappa shape index (κ2) is 3.36. The fourth-order valence-corrected chi connectivity index (χ4v) is 2.40. The van der Waals surface area contributed by atoms with E-state index >= 15 is 0 Å². The standard InChI is InChI=1S/C9H6ClNO3S/c10-15(13,14)9-4-11-8-2-1-6(5-12)3-7(8)9/h1-5,11H. The molecule has 1 aromatic heterocycles. The summed E-state index contributed by atoms with van der Waals surface area (Å²) in [4.78, 5) is 13.3. The molecule has 0 saturated carbocycles. The molecule has 15 heavy (non-hydrogen) atoms. The van der Waals surface area contributed by atoms with Crippen molar-refractivity contribution in [2.45, 2.75) is 4.90 Å². The lowest BCUT2D eigenvalue weighted by molar-refractivity contribution is 0.112. The lowest BCUT2D eigenvalue weighted by Crippen LogP contribution is -1.88. The fraction of sp³-hybridized carbons (Fsp3) is 0.